The van der Waals surface area contributed by atoms with E-state index in [0.717, 1.165) is 23.3 Å². The average Bonchev–Trinajstić information content (AvgIpc) is 3.29. The molecule has 0 radical (unpaired) electrons. The number of anilines is 1. The van der Waals surface area contributed by atoms with E-state index in [1.54, 1.807) is 0 Å². The van der Waals surface area contributed by atoms with Gasteiger partial charge < -0.3 is 20.5 Å². The van der Waals surface area contributed by atoms with E-state index < -0.39 is 0 Å². The van der Waals surface area contributed by atoms with Gasteiger partial charge in [-0.2, -0.15) is 0 Å². The first kappa shape index (κ1) is 20.5. The Balaban J connectivity index is 1.43. The quantitative estimate of drug-likeness (QED) is 0.643. The van der Waals surface area contributed by atoms with Crippen LogP contribution in [0, 0.1) is 29.1 Å². The Hall–Kier alpha value is -1.44. The molecule has 2 amide bonds. The molecule has 4 bridgehead atoms. The van der Waals surface area contributed by atoms with Crippen molar-refractivity contribution in [3.63, 3.8) is 0 Å². The Morgan fingerprint density at radius 1 is 1.23 bits per heavy atom. The van der Waals surface area contributed by atoms with Gasteiger partial charge in [-0.05, 0) is 67.8 Å². The zero-order chi connectivity index (χ0) is 21.0. The molecular formula is C23H32N2O4S. The summed E-state index contributed by atoms with van der Waals surface area (Å²) < 4.78 is 5.60. The van der Waals surface area contributed by atoms with E-state index in [1.807, 2.05) is 13.8 Å². The molecule has 4 fully saturated rings. The largest absolute Gasteiger partial charge is 0.394 e. The lowest BCUT2D eigenvalue weighted by Gasteiger charge is -2.31. The highest BCUT2D eigenvalue weighted by Crippen LogP contribution is 2.65. The number of hydrogen-bond donors (Lipinski definition) is 3. The Morgan fingerprint density at radius 2 is 1.97 bits per heavy atom. The summed E-state index contributed by atoms with van der Waals surface area (Å²) in [5.41, 5.74) is 1.35. The fourth-order valence-corrected chi connectivity index (χ4v) is 7.80. The summed E-state index contributed by atoms with van der Waals surface area (Å²) >= 11 is 1.48. The lowest BCUT2D eigenvalue weighted by Crippen LogP contribution is -2.42. The van der Waals surface area contributed by atoms with Crippen LogP contribution in [0.2, 0.25) is 0 Å². The van der Waals surface area contributed by atoms with Crippen LogP contribution in [0.5, 0.6) is 0 Å². The van der Waals surface area contributed by atoms with E-state index in [4.69, 9.17) is 4.74 Å². The molecule has 0 saturated heterocycles. The zero-order valence-electron chi connectivity index (χ0n) is 17.8. The number of carbonyl (C=O) groups is 2. The first-order chi connectivity index (χ1) is 14.4. The van der Waals surface area contributed by atoms with Crippen molar-refractivity contribution in [1.29, 1.82) is 0 Å². The maximum atomic E-state index is 13.6. The predicted molar refractivity (Wildman–Crippen MR) is 115 cm³/mol. The maximum absolute atomic E-state index is 13.6. The van der Waals surface area contributed by atoms with Gasteiger partial charge in [-0.3, -0.25) is 9.59 Å². The van der Waals surface area contributed by atoms with Crippen molar-refractivity contribution in [2.75, 3.05) is 18.5 Å². The van der Waals surface area contributed by atoms with Crippen LogP contribution in [-0.4, -0.2) is 36.2 Å². The first-order valence-corrected chi connectivity index (χ1v) is 12.2. The van der Waals surface area contributed by atoms with Crippen LogP contribution < -0.4 is 10.6 Å². The second-order valence-corrected chi connectivity index (χ2v) is 11.3. The average molecular weight is 433 g/mol. The minimum absolute atomic E-state index is 0.103. The van der Waals surface area contributed by atoms with Gasteiger partial charge >= 0.3 is 0 Å². The minimum Gasteiger partial charge on any atom is -0.394 e. The third-order valence-corrected chi connectivity index (χ3v) is 9.16. The summed E-state index contributed by atoms with van der Waals surface area (Å²) in [7, 11) is 0. The van der Waals surface area contributed by atoms with E-state index in [1.165, 1.54) is 30.6 Å². The summed E-state index contributed by atoms with van der Waals surface area (Å²) in [5.74, 6) is 1.96. The van der Waals surface area contributed by atoms with Gasteiger partial charge in [0.15, 0.2) is 0 Å². The molecule has 7 heteroatoms. The van der Waals surface area contributed by atoms with Crippen LogP contribution in [0.1, 0.15) is 66.8 Å². The normalized spacial score (nSPS) is 32.3. The molecule has 3 N–H and O–H groups in total. The van der Waals surface area contributed by atoms with Crippen LogP contribution >= 0.6 is 11.3 Å². The summed E-state index contributed by atoms with van der Waals surface area (Å²) in [4.78, 5) is 27.8. The zero-order valence-corrected chi connectivity index (χ0v) is 18.6. The molecule has 30 heavy (non-hydrogen) atoms. The third-order valence-electron chi connectivity index (χ3n) is 8.03. The van der Waals surface area contributed by atoms with Crippen LogP contribution in [0.3, 0.4) is 0 Å². The lowest BCUT2D eigenvalue weighted by atomic mass is 9.75. The second-order valence-electron chi connectivity index (χ2n) is 10.2. The van der Waals surface area contributed by atoms with Crippen molar-refractivity contribution >= 4 is 28.2 Å². The first-order valence-electron chi connectivity index (χ1n) is 11.4. The highest BCUT2D eigenvalue weighted by Gasteiger charge is 2.61. The number of ether oxygens (including phenoxy) is 1. The molecule has 3 atom stereocenters. The molecule has 4 saturated carbocycles. The fourth-order valence-electron chi connectivity index (χ4n) is 6.62. The summed E-state index contributed by atoms with van der Waals surface area (Å²) in [6, 6.07) is -0.309. The molecule has 0 aromatic carbocycles. The third kappa shape index (κ3) is 3.21. The van der Waals surface area contributed by atoms with Crippen molar-refractivity contribution in [2.24, 2.45) is 29.1 Å². The van der Waals surface area contributed by atoms with Gasteiger partial charge in [0.1, 0.15) is 5.00 Å². The van der Waals surface area contributed by atoms with Crippen molar-refractivity contribution in [2.45, 2.75) is 65.0 Å². The molecule has 1 aliphatic heterocycles. The van der Waals surface area contributed by atoms with Gasteiger partial charge in [0, 0.05) is 4.88 Å². The van der Waals surface area contributed by atoms with E-state index in [0.29, 0.717) is 48.0 Å². The number of aliphatic hydroxyl groups is 1. The van der Waals surface area contributed by atoms with Gasteiger partial charge in [0.05, 0.1) is 36.8 Å². The Bertz CT molecular complexity index is 850. The standard InChI is InChI=1S/C23H32N2O4S/c1-12(2)17(10-26)24-20(27)19-16-3-4-29-11-18(16)30-21(19)25-22(28)23-8-13-5-14(9-23)7-15(23)6-13/h12-15,17,26H,3-11H2,1-2H3,(H,24,27)(H,25,28)/t13?,14?,15?,17-,23?/m0/s1. The Kier molecular flexibility index (Phi) is 5.19. The molecule has 4 aliphatic carbocycles. The summed E-state index contributed by atoms with van der Waals surface area (Å²) in [6.45, 7) is 4.92. The molecule has 2 heterocycles. The molecule has 1 aromatic heterocycles. The number of nitrogens with one attached hydrogen (secondary N) is 2. The Labute approximate surface area is 181 Å². The van der Waals surface area contributed by atoms with E-state index in [9.17, 15) is 14.7 Å². The number of amides is 2. The summed E-state index contributed by atoms with van der Waals surface area (Å²) in [6.07, 6.45) is 6.37. The molecule has 6 nitrogen and oxygen atoms in total. The number of fused-ring (bicyclic) bond motifs is 1. The molecule has 6 rings (SSSR count). The summed E-state index contributed by atoms with van der Waals surface area (Å²) in [5, 5.41) is 16.5. The number of thiophene rings is 1. The lowest BCUT2D eigenvalue weighted by molar-refractivity contribution is -0.127. The number of rotatable bonds is 6. The van der Waals surface area contributed by atoms with Crippen LogP contribution in [0.25, 0.3) is 0 Å². The molecule has 2 unspecified atom stereocenters. The van der Waals surface area contributed by atoms with Crippen LogP contribution in [0.15, 0.2) is 0 Å². The van der Waals surface area contributed by atoms with Gasteiger partial charge in [0.2, 0.25) is 5.91 Å². The molecular weight excluding hydrogens is 400 g/mol. The Morgan fingerprint density at radius 3 is 2.63 bits per heavy atom. The van der Waals surface area contributed by atoms with Gasteiger partial charge in [0.25, 0.3) is 5.91 Å². The molecule has 1 aromatic rings. The fraction of sp³-hybridized carbons (Fsp3) is 0.739. The second kappa shape index (κ2) is 7.61. The van der Waals surface area contributed by atoms with Gasteiger partial charge in [-0.1, -0.05) is 13.8 Å². The van der Waals surface area contributed by atoms with E-state index in [-0.39, 0.29) is 35.8 Å². The predicted octanol–water partition coefficient (Wildman–Crippen LogP) is 3.33. The number of hydrogen-bond acceptors (Lipinski definition) is 5. The van der Waals surface area contributed by atoms with Crippen molar-refractivity contribution in [3.8, 4) is 0 Å². The highest BCUT2D eigenvalue weighted by atomic mass is 32.1. The SMILES string of the molecule is CC(C)[C@H](CO)NC(=O)c1c(NC(=O)C23CC4CC(CC2C4)C3)sc2c1CCOC2. The topological polar surface area (TPSA) is 87.7 Å². The molecule has 5 aliphatic rings. The molecule has 0 spiro atoms. The van der Waals surface area contributed by atoms with Crippen molar-refractivity contribution in [1.82, 2.24) is 5.32 Å². The number of carbonyl (C=O) groups excluding carboxylic acids is 2. The minimum atomic E-state index is -0.309. The van der Waals surface area contributed by atoms with Gasteiger partial charge in [-0.15, -0.1) is 11.3 Å². The highest BCUT2D eigenvalue weighted by molar-refractivity contribution is 7.17. The smallest absolute Gasteiger partial charge is 0.254 e. The van der Waals surface area contributed by atoms with Gasteiger partial charge in [-0.25, -0.2) is 0 Å². The van der Waals surface area contributed by atoms with Crippen LogP contribution in [-0.2, 0) is 22.6 Å². The van der Waals surface area contributed by atoms with Crippen molar-refractivity contribution in [3.05, 3.63) is 16.0 Å². The monoisotopic (exact) mass is 432 g/mol. The maximum Gasteiger partial charge on any atom is 0.254 e. The van der Waals surface area contributed by atoms with Crippen LogP contribution in [0.4, 0.5) is 5.00 Å². The van der Waals surface area contributed by atoms with E-state index >= 15 is 0 Å². The molecule has 164 valence electrons. The number of aliphatic hydroxyl groups excluding tert-OH is 1. The van der Waals surface area contributed by atoms with Crippen molar-refractivity contribution < 1.29 is 19.4 Å². The van der Waals surface area contributed by atoms with E-state index in [2.05, 4.69) is 10.6 Å².